The number of carbonyl (C=O) groups is 3. The molecule has 8 nitrogen and oxygen atoms in total. The van der Waals surface area contributed by atoms with E-state index in [4.69, 9.17) is 10.5 Å². The van der Waals surface area contributed by atoms with Crippen LogP contribution in [0.15, 0.2) is 72.3 Å². The molecule has 0 fully saturated rings. The van der Waals surface area contributed by atoms with E-state index in [-0.39, 0.29) is 24.7 Å². The Morgan fingerprint density at radius 1 is 0.900 bits per heavy atom. The zero-order valence-electron chi connectivity index (χ0n) is 23.7. The molecule has 3 atom stereocenters. The third kappa shape index (κ3) is 9.68. The molecule has 1 aliphatic rings. The molecule has 214 valence electrons. The Morgan fingerprint density at radius 3 is 2.17 bits per heavy atom. The maximum atomic E-state index is 13.6. The monoisotopic (exact) mass is 546 g/mol. The number of hydrogen-bond acceptors (Lipinski definition) is 5. The number of benzene rings is 2. The SMILES string of the molecule is CCOc1ccc(C[C@@H](NC(=O)CC)C(=O)N[C@@H](CC2=CC=CC(C)C2)C(=O)NCc2ccc(CN)cc2)cc1. The van der Waals surface area contributed by atoms with Crippen LogP contribution in [-0.2, 0) is 33.9 Å². The van der Waals surface area contributed by atoms with Crippen molar-refractivity contribution in [1.82, 2.24) is 16.0 Å². The maximum absolute atomic E-state index is 13.6. The van der Waals surface area contributed by atoms with Crippen LogP contribution in [-0.4, -0.2) is 36.4 Å². The lowest BCUT2D eigenvalue weighted by Crippen LogP contribution is -2.54. The van der Waals surface area contributed by atoms with Crippen LogP contribution in [0.3, 0.4) is 0 Å². The van der Waals surface area contributed by atoms with Gasteiger partial charge in [0.2, 0.25) is 17.7 Å². The molecule has 1 aliphatic carbocycles. The molecule has 8 heteroatoms. The summed E-state index contributed by atoms with van der Waals surface area (Å²) in [5.41, 5.74) is 9.59. The quantitative estimate of drug-likeness (QED) is 0.288. The van der Waals surface area contributed by atoms with E-state index in [1.807, 2.05) is 67.6 Å². The molecule has 2 aromatic carbocycles. The minimum absolute atomic E-state index is 0.234. The van der Waals surface area contributed by atoms with E-state index in [9.17, 15) is 14.4 Å². The lowest BCUT2D eigenvalue weighted by molar-refractivity contribution is -0.132. The van der Waals surface area contributed by atoms with Crippen LogP contribution in [0.1, 0.15) is 56.7 Å². The summed E-state index contributed by atoms with van der Waals surface area (Å²) in [5.74, 6) is 0.186. The topological polar surface area (TPSA) is 123 Å². The Hall–Kier alpha value is -3.91. The Bertz CT molecular complexity index is 1190. The fraction of sp³-hybridized carbons (Fsp3) is 0.406. The van der Waals surface area contributed by atoms with Gasteiger partial charge in [-0.05, 0) is 54.5 Å². The number of rotatable bonds is 14. The molecule has 0 aliphatic heterocycles. The highest BCUT2D eigenvalue weighted by molar-refractivity contribution is 5.92. The van der Waals surface area contributed by atoms with Crippen molar-refractivity contribution in [2.45, 2.75) is 71.6 Å². The van der Waals surface area contributed by atoms with Crippen molar-refractivity contribution in [3.05, 3.63) is 89.0 Å². The fourth-order valence-electron chi connectivity index (χ4n) is 4.56. The van der Waals surface area contributed by atoms with Gasteiger partial charge in [-0.25, -0.2) is 0 Å². The van der Waals surface area contributed by atoms with Crippen LogP contribution in [0.4, 0.5) is 0 Å². The van der Waals surface area contributed by atoms with E-state index in [2.05, 4.69) is 29.0 Å². The summed E-state index contributed by atoms with van der Waals surface area (Å²) < 4.78 is 5.51. The van der Waals surface area contributed by atoms with E-state index in [0.717, 1.165) is 34.4 Å². The van der Waals surface area contributed by atoms with Gasteiger partial charge in [-0.2, -0.15) is 0 Å². The molecule has 5 N–H and O–H groups in total. The molecule has 0 bridgehead atoms. The maximum Gasteiger partial charge on any atom is 0.243 e. The average Bonchev–Trinajstić information content (AvgIpc) is 2.96. The van der Waals surface area contributed by atoms with Crippen LogP contribution in [0.2, 0.25) is 0 Å². The standard InChI is InChI=1S/C32H42N4O4/c1-4-30(37)35-29(18-23-13-15-27(16-14-23)40-5-2)32(39)36-28(19-26-8-6-7-22(3)17-26)31(38)34-21-25-11-9-24(20-33)10-12-25/h6-16,22,28-29H,4-5,17-21,33H2,1-3H3,(H,34,38)(H,35,37)(H,36,39)/t22?,28-,29+/m0/s1. The summed E-state index contributed by atoms with van der Waals surface area (Å²) in [7, 11) is 0. The van der Waals surface area contributed by atoms with Crippen molar-refractivity contribution in [1.29, 1.82) is 0 Å². The first-order valence-electron chi connectivity index (χ1n) is 14.0. The molecule has 0 saturated heterocycles. The van der Waals surface area contributed by atoms with Gasteiger partial charge in [0, 0.05) is 25.9 Å². The normalized spacial score (nSPS) is 15.9. The number of nitrogens with two attached hydrogens (primary N) is 1. The van der Waals surface area contributed by atoms with Crippen LogP contribution in [0.25, 0.3) is 0 Å². The number of allylic oxidation sites excluding steroid dienone is 3. The predicted molar refractivity (Wildman–Crippen MR) is 157 cm³/mol. The summed E-state index contributed by atoms with van der Waals surface area (Å²) in [6.45, 7) is 7.11. The highest BCUT2D eigenvalue weighted by Gasteiger charge is 2.28. The van der Waals surface area contributed by atoms with Gasteiger partial charge in [0.1, 0.15) is 17.8 Å². The molecule has 0 spiro atoms. The third-order valence-corrected chi connectivity index (χ3v) is 6.83. The molecule has 0 radical (unpaired) electrons. The fourth-order valence-corrected chi connectivity index (χ4v) is 4.56. The predicted octanol–water partition coefficient (Wildman–Crippen LogP) is 3.70. The smallest absolute Gasteiger partial charge is 0.243 e. The van der Waals surface area contributed by atoms with Gasteiger partial charge >= 0.3 is 0 Å². The Kier molecular flexibility index (Phi) is 12.0. The second kappa shape index (κ2) is 15.6. The highest BCUT2D eigenvalue weighted by Crippen LogP contribution is 2.22. The van der Waals surface area contributed by atoms with E-state index < -0.39 is 18.0 Å². The van der Waals surface area contributed by atoms with E-state index in [0.29, 0.717) is 32.0 Å². The van der Waals surface area contributed by atoms with Crippen LogP contribution in [0.5, 0.6) is 5.75 Å². The molecule has 2 aromatic rings. The second-order valence-electron chi connectivity index (χ2n) is 10.1. The summed E-state index contributed by atoms with van der Waals surface area (Å²) in [5, 5.41) is 8.74. The van der Waals surface area contributed by atoms with Crippen LogP contribution >= 0.6 is 0 Å². The van der Waals surface area contributed by atoms with Gasteiger partial charge in [-0.1, -0.05) is 74.0 Å². The summed E-state index contributed by atoms with van der Waals surface area (Å²) >= 11 is 0. The average molecular weight is 547 g/mol. The summed E-state index contributed by atoms with van der Waals surface area (Å²) in [6, 6.07) is 13.6. The molecular weight excluding hydrogens is 504 g/mol. The lowest BCUT2D eigenvalue weighted by atomic mass is 9.91. The Balaban J connectivity index is 1.75. The van der Waals surface area contributed by atoms with Crippen molar-refractivity contribution in [2.24, 2.45) is 11.7 Å². The number of amides is 3. The van der Waals surface area contributed by atoms with Gasteiger partial charge in [0.05, 0.1) is 6.61 Å². The highest BCUT2D eigenvalue weighted by atomic mass is 16.5. The zero-order chi connectivity index (χ0) is 28.9. The molecule has 0 heterocycles. The zero-order valence-corrected chi connectivity index (χ0v) is 23.7. The number of nitrogens with one attached hydrogen (secondary N) is 3. The Labute approximate surface area is 237 Å². The first kappa shape index (κ1) is 30.6. The number of carbonyl (C=O) groups excluding carboxylic acids is 3. The molecule has 40 heavy (non-hydrogen) atoms. The molecule has 3 rings (SSSR count). The second-order valence-corrected chi connectivity index (χ2v) is 10.1. The molecule has 1 unspecified atom stereocenters. The summed E-state index contributed by atoms with van der Waals surface area (Å²) in [6.07, 6.45) is 7.86. The van der Waals surface area contributed by atoms with Crippen molar-refractivity contribution >= 4 is 17.7 Å². The van der Waals surface area contributed by atoms with Crippen molar-refractivity contribution in [3.8, 4) is 5.75 Å². The Morgan fingerprint density at radius 2 is 1.55 bits per heavy atom. The van der Waals surface area contributed by atoms with E-state index in [1.165, 1.54) is 0 Å². The minimum atomic E-state index is -0.830. The lowest BCUT2D eigenvalue weighted by Gasteiger charge is -2.25. The summed E-state index contributed by atoms with van der Waals surface area (Å²) in [4.78, 5) is 39.3. The molecular formula is C32H42N4O4. The third-order valence-electron chi connectivity index (χ3n) is 6.83. The van der Waals surface area contributed by atoms with Gasteiger partial charge in [0.15, 0.2) is 0 Å². The first-order chi connectivity index (χ1) is 19.3. The van der Waals surface area contributed by atoms with Crippen molar-refractivity contribution < 1.29 is 19.1 Å². The van der Waals surface area contributed by atoms with Crippen molar-refractivity contribution in [2.75, 3.05) is 6.61 Å². The molecule has 3 amide bonds. The van der Waals surface area contributed by atoms with Crippen LogP contribution in [0, 0.1) is 5.92 Å². The molecule has 0 aromatic heterocycles. The van der Waals surface area contributed by atoms with Crippen molar-refractivity contribution in [3.63, 3.8) is 0 Å². The van der Waals surface area contributed by atoms with Gasteiger partial charge in [-0.15, -0.1) is 0 Å². The van der Waals surface area contributed by atoms with Gasteiger partial charge < -0.3 is 26.4 Å². The van der Waals surface area contributed by atoms with Gasteiger partial charge in [0.25, 0.3) is 0 Å². The van der Waals surface area contributed by atoms with E-state index >= 15 is 0 Å². The first-order valence-corrected chi connectivity index (χ1v) is 14.0. The largest absolute Gasteiger partial charge is 0.494 e. The van der Waals surface area contributed by atoms with Gasteiger partial charge in [-0.3, -0.25) is 14.4 Å². The minimum Gasteiger partial charge on any atom is -0.494 e. The number of ether oxygens (including phenoxy) is 1. The number of hydrogen-bond donors (Lipinski definition) is 4. The van der Waals surface area contributed by atoms with Crippen LogP contribution < -0.4 is 26.4 Å². The molecule has 0 saturated carbocycles. The van der Waals surface area contributed by atoms with E-state index in [1.54, 1.807) is 6.92 Å².